The van der Waals surface area contributed by atoms with E-state index < -0.39 is 0 Å². The molecule has 25 heavy (non-hydrogen) atoms. The molecule has 4 heterocycles. The van der Waals surface area contributed by atoms with E-state index in [1.54, 1.807) is 11.4 Å². The van der Waals surface area contributed by atoms with Crippen LogP contribution in [0, 0.1) is 27.7 Å². The average Bonchev–Trinajstić information content (AvgIpc) is 3.25. The number of aryl methyl sites for hydroxylation is 4. The highest BCUT2D eigenvalue weighted by Crippen LogP contribution is 2.28. The van der Waals surface area contributed by atoms with Crippen LogP contribution in [-0.4, -0.2) is 48.6 Å². The third kappa shape index (κ3) is 2.57. The lowest BCUT2D eigenvalue weighted by Crippen LogP contribution is -2.29. The molecule has 1 fully saturated rings. The van der Waals surface area contributed by atoms with E-state index in [2.05, 4.69) is 20.2 Å². The molecule has 1 atom stereocenters. The van der Waals surface area contributed by atoms with Gasteiger partial charge in [-0.15, -0.1) is 0 Å². The van der Waals surface area contributed by atoms with E-state index >= 15 is 0 Å². The molecule has 0 saturated carbocycles. The number of likely N-dealkylation sites (tertiary alicyclic amines) is 1. The van der Waals surface area contributed by atoms with Crippen molar-refractivity contribution in [2.75, 3.05) is 13.1 Å². The smallest absolute Gasteiger partial charge is 0.259 e. The first-order valence-electron chi connectivity index (χ1n) is 8.37. The predicted octanol–water partition coefficient (Wildman–Crippen LogP) is 1.98. The van der Waals surface area contributed by atoms with E-state index in [0.29, 0.717) is 41.7 Å². The molecule has 0 radical (unpaired) electrons. The van der Waals surface area contributed by atoms with Crippen molar-refractivity contribution in [2.45, 2.75) is 40.0 Å². The molecule has 3 aromatic rings. The number of rotatable bonds is 2. The fourth-order valence-corrected chi connectivity index (χ4v) is 3.46. The number of amides is 1. The summed E-state index contributed by atoms with van der Waals surface area (Å²) in [6.07, 6.45) is 0.817. The quantitative estimate of drug-likeness (QED) is 0.708. The molecule has 0 spiro atoms. The second-order valence-electron chi connectivity index (χ2n) is 6.65. The summed E-state index contributed by atoms with van der Waals surface area (Å²) in [5.41, 5.74) is 3.74. The average molecular weight is 340 g/mol. The summed E-state index contributed by atoms with van der Waals surface area (Å²) < 4.78 is 7.01. The molecular formula is C17H20N6O2. The molecule has 0 aliphatic carbocycles. The minimum atomic E-state index is -0.0382. The molecule has 0 unspecified atom stereocenters. The first-order chi connectivity index (χ1) is 11.9. The number of hydrogen-bond donors (Lipinski definition) is 0. The van der Waals surface area contributed by atoms with E-state index in [1.165, 1.54) is 0 Å². The molecule has 3 aromatic heterocycles. The molecule has 0 N–H and O–H groups in total. The van der Waals surface area contributed by atoms with Gasteiger partial charge in [0.15, 0.2) is 11.5 Å². The van der Waals surface area contributed by atoms with Gasteiger partial charge in [-0.1, -0.05) is 5.16 Å². The number of carbonyl (C=O) groups is 1. The lowest BCUT2D eigenvalue weighted by Gasteiger charge is -2.15. The van der Waals surface area contributed by atoms with Gasteiger partial charge in [0.1, 0.15) is 5.56 Å². The van der Waals surface area contributed by atoms with Gasteiger partial charge in [0.25, 0.3) is 5.91 Å². The summed E-state index contributed by atoms with van der Waals surface area (Å²) >= 11 is 0. The Kier molecular flexibility index (Phi) is 3.55. The Balaban J connectivity index is 1.66. The summed E-state index contributed by atoms with van der Waals surface area (Å²) in [6, 6.07) is 1.96. The van der Waals surface area contributed by atoms with Gasteiger partial charge in [-0.3, -0.25) is 4.79 Å². The van der Waals surface area contributed by atoms with Gasteiger partial charge in [0, 0.05) is 24.5 Å². The fourth-order valence-electron chi connectivity index (χ4n) is 3.46. The minimum absolute atomic E-state index is 0.0382. The van der Waals surface area contributed by atoms with Crippen molar-refractivity contribution >= 4 is 11.6 Å². The molecule has 0 aromatic carbocycles. The van der Waals surface area contributed by atoms with Gasteiger partial charge < -0.3 is 9.42 Å². The molecule has 1 amide bonds. The maximum absolute atomic E-state index is 13.1. The SMILES string of the molecule is Cc1cc(C)n2nc(C)c(C(=O)N3CC[C@H](c4nc(C)no4)C3)c2n1. The van der Waals surface area contributed by atoms with Crippen LogP contribution in [0.5, 0.6) is 0 Å². The Bertz CT molecular complexity index is 973. The molecule has 1 aliphatic heterocycles. The van der Waals surface area contributed by atoms with Crippen LogP contribution in [-0.2, 0) is 0 Å². The van der Waals surface area contributed by atoms with E-state index in [4.69, 9.17) is 4.52 Å². The van der Waals surface area contributed by atoms with Crippen molar-refractivity contribution in [3.8, 4) is 0 Å². The zero-order valence-electron chi connectivity index (χ0n) is 14.8. The molecule has 130 valence electrons. The second-order valence-corrected chi connectivity index (χ2v) is 6.65. The zero-order chi connectivity index (χ0) is 17.7. The van der Waals surface area contributed by atoms with Crippen LogP contribution in [0.1, 0.15) is 51.5 Å². The summed E-state index contributed by atoms with van der Waals surface area (Å²) in [5.74, 6) is 1.27. The van der Waals surface area contributed by atoms with Gasteiger partial charge in [0.2, 0.25) is 5.89 Å². The highest BCUT2D eigenvalue weighted by Gasteiger charge is 2.33. The largest absolute Gasteiger partial charge is 0.339 e. The number of nitrogens with zero attached hydrogens (tertiary/aromatic N) is 6. The summed E-state index contributed by atoms with van der Waals surface area (Å²) in [5, 5.41) is 8.34. The number of hydrogen-bond acceptors (Lipinski definition) is 6. The number of carbonyl (C=O) groups excluding carboxylic acids is 1. The fraction of sp³-hybridized carbons (Fsp3) is 0.471. The molecule has 8 nitrogen and oxygen atoms in total. The maximum Gasteiger partial charge on any atom is 0.259 e. The Labute approximate surface area is 144 Å². The Hall–Kier alpha value is -2.77. The van der Waals surface area contributed by atoms with Crippen LogP contribution in [0.3, 0.4) is 0 Å². The molecule has 1 aliphatic rings. The highest BCUT2D eigenvalue weighted by atomic mass is 16.5. The van der Waals surface area contributed by atoms with E-state index in [9.17, 15) is 4.79 Å². The van der Waals surface area contributed by atoms with Gasteiger partial charge >= 0.3 is 0 Å². The van der Waals surface area contributed by atoms with Crippen LogP contribution in [0.15, 0.2) is 10.6 Å². The number of aromatic nitrogens is 5. The first kappa shape index (κ1) is 15.7. The van der Waals surface area contributed by atoms with Gasteiger partial charge in [0.05, 0.1) is 11.6 Å². The van der Waals surface area contributed by atoms with Gasteiger partial charge in [-0.25, -0.2) is 9.50 Å². The third-order valence-corrected chi connectivity index (χ3v) is 4.65. The van der Waals surface area contributed by atoms with E-state index in [0.717, 1.165) is 17.8 Å². The summed E-state index contributed by atoms with van der Waals surface area (Å²) in [4.78, 5) is 23.8. The zero-order valence-corrected chi connectivity index (χ0v) is 14.8. The van der Waals surface area contributed by atoms with Crippen molar-refractivity contribution < 1.29 is 9.32 Å². The van der Waals surface area contributed by atoms with Crippen LogP contribution in [0.2, 0.25) is 0 Å². The second kappa shape index (κ2) is 5.65. The van der Waals surface area contributed by atoms with Crippen molar-refractivity contribution in [3.05, 3.63) is 40.4 Å². The van der Waals surface area contributed by atoms with Gasteiger partial charge in [-0.2, -0.15) is 10.1 Å². The number of fused-ring (bicyclic) bond motifs is 1. The predicted molar refractivity (Wildman–Crippen MR) is 89.5 cm³/mol. The molecule has 0 bridgehead atoms. The maximum atomic E-state index is 13.1. The molecule has 4 rings (SSSR count). The topological polar surface area (TPSA) is 89.4 Å². The van der Waals surface area contributed by atoms with E-state index in [-0.39, 0.29) is 11.8 Å². The molecule has 1 saturated heterocycles. The highest BCUT2D eigenvalue weighted by molar-refractivity contribution is 6.01. The van der Waals surface area contributed by atoms with Crippen molar-refractivity contribution in [1.82, 2.24) is 29.6 Å². The van der Waals surface area contributed by atoms with E-state index in [1.807, 2.05) is 31.7 Å². The monoisotopic (exact) mass is 340 g/mol. The Morgan fingerprint density at radius 1 is 1.24 bits per heavy atom. The third-order valence-electron chi connectivity index (χ3n) is 4.65. The van der Waals surface area contributed by atoms with Crippen LogP contribution < -0.4 is 0 Å². The Morgan fingerprint density at radius 2 is 2.04 bits per heavy atom. The van der Waals surface area contributed by atoms with Crippen LogP contribution in [0.25, 0.3) is 5.65 Å². The minimum Gasteiger partial charge on any atom is -0.339 e. The molecular weight excluding hydrogens is 320 g/mol. The summed E-state index contributed by atoms with van der Waals surface area (Å²) in [7, 11) is 0. The van der Waals surface area contributed by atoms with Gasteiger partial charge in [-0.05, 0) is 40.2 Å². The van der Waals surface area contributed by atoms with Crippen LogP contribution >= 0.6 is 0 Å². The Morgan fingerprint density at radius 3 is 2.76 bits per heavy atom. The van der Waals surface area contributed by atoms with Crippen molar-refractivity contribution in [1.29, 1.82) is 0 Å². The lowest BCUT2D eigenvalue weighted by molar-refractivity contribution is 0.0790. The van der Waals surface area contributed by atoms with Crippen LogP contribution in [0.4, 0.5) is 0 Å². The molecule has 8 heteroatoms. The first-order valence-corrected chi connectivity index (χ1v) is 8.37. The summed E-state index contributed by atoms with van der Waals surface area (Å²) in [6.45, 7) is 8.77. The van der Waals surface area contributed by atoms with Crippen molar-refractivity contribution in [3.63, 3.8) is 0 Å². The standard InChI is InChI=1S/C17H20N6O2/c1-9-7-10(2)23-15(18-9)14(11(3)20-23)17(24)22-6-5-13(8-22)16-19-12(4)21-25-16/h7,13H,5-6,8H2,1-4H3/t13-/m0/s1. The lowest BCUT2D eigenvalue weighted by atomic mass is 10.1. The normalized spacial score (nSPS) is 17.6. The van der Waals surface area contributed by atoms with Crippen molar-refractivity contribution in [2.24, 2.45) is 0 Å².